The summed E-state index contributed by atoms with van der Waals surface area (Å²) in [6, 6.07) is 6.20. The first kappa shape index (κ1) is 12.9. The van der Waals surface area contributed by atoms with Gasteiger partial charge in [0.05, 0.1) is 6.10 Å². The van der Waals surface area contributed by atoms with Gasteiger partial charge in [-0.15, -0.1) is 0 Å². The number of aliphatic hydroxyl groups excluding tert-OH is 1. The van der Waals surface area contributed by atoms with Crippen LogP contribution in [0.25, 0.3) is 0 Å². The molecule has 1 heterocycles. The largest absolute Gasteiger partial charge is 0.389 e. The maximum absolute atomic E-state index is 9.59. The summed E-state index contributed by atoms with van der Waals surface area (Å²) in [6.45, 7) is 6.13. The average molecular weight is 299 g/mol. The summed E-state index contributed by atoms with van der Waals surface area (Å²) in [5.74, 6) is 0. The Kier molecular flexibility index (Phi) is 4.07. The molecule has 0 saturated carbocycles. The lowest BCUT2D eigenvalue weighted by Crippen LogP contribution is -2.44. The highest BCUT2D eigenvalue weighted by atomic mass is 79.9. The predicted octanol–water partition coefficient (Wildman–Crippen LogP) is 2.25. The van der Waals surface area contributed by atoms with E-state index in [1.54, 1.807) is 6.92 Å². The Morgan fingerprint density at radius 1 is 1.24 bits per heavy atom. The van der Waals surface area contributed by atoms with Crippen LogP contribution >= 0.6 is 15.9 Å². The summed E-state index contributed by atoms with van der Waals surface area (Å²) >= 11 is 3.53. The fourth-order valence-electron chi connectivity index (χ4n) is 2.12. The van der Waals surface area contributed by atoms with Gasteiger partial charge in [0.15, 0.2) is 0 Å². The molecular formula is C13H19BrN2O. The Hall–Kier alpha value is -0.580. The number of piperazine rings is 1. The van der Waals surface area contributed by atoms with Crippen LogP contribution in [0, 0.1) is 0 Å². The van der Waals surface area contributed by atoms with E-state index in [1.165, 1.54) is 5.69 Å². The van der Waals surface area contributed by atoms with Crippen LogP contribution in [0.2, 0.25) is 0 Å². The molecule has 2 rings (SSSR count). The molecule has 0 aromatic heterocycles. The molecule has 1 atom stereocenters. The van der Waals surface area contributed by atoms with E-state index in [-0.39, 0.29) is 0 Å². The number of nitrogens with zero attached hydrogens (tertiary/aromatic N) is 2. The molecule has 1 saturated heterocycles. The van der Waals surface area contributed by atoms with Gasteiger partial charge in [-0.2, -0.15) is 0 Å². The minimum absolute atomic E-state index is 0.425. The summed E-state index contributed by atoms with van der Waals surface area (Å²) in [6.07, 6.45) is -0.425. The van der Waals surface area contributed by atoms with Crippen LogP contribution in [0.4, 0.5) is 5.69 Å². The van der Waals surface area contributed by atoms with Crippen molar-refractivity contribution in [1.29, 1.82) is 0 Å². The quantitative estimate of drug-likeness (QED) is 0.907. The third-order valence-electron chi connectivity index (χ3n) is 3.30. The third-order valence-corrected chi connectivity index (χ3v) is 3.99. The Bertz CT molecular complexity index is 387. The van der Waals surface area contributed by atoms with E-state index in [0.717, 1.165) is 36.2 Å². The Morgan fingerprint density at radius 3 is 2.41 bits per heavy atom. The molecule has 0 aliphatic carbocycles. The minimum Gasteiger partial charge on any atom is -0.389 e. The first-order valence-corrected chi connectivity index (χ1v) is 6.78. The van der Waals surface area contributed by atoms with Crippen molar-refractivity contribution in [3.8, 4) is 0 Å². The number of hydrogen-bond donors (Lipinski definition) is 1. The van der Waals surface area contributed by atoms with Crippen molar-refractivity contribution in [3.63, 3.8) is 0 Å². The molecule has 4 heteroatoms. The van der Waals surface area contributed by atoms with Crippen LogP contribution in [0.15, 0.2) is 22.7 Å². The lowest BCUT2D eigenvalue weighted by Gasteiger charge is -2.34. The molecule has 0 amide bonds. The molecule has 1 aromatic carbocycles. The molecule has 1 aliphatic heterocycles. The summed E-state index contributed by atoms with van der Waals surface area (Å²) in [7, 11) is 2.16. The fourth-order valence-corrected chi connectivity index (χ4v) is 2.81. The van der Waals surface area contributed by atoms with Crippen molar-refractivity contribution in [2.75, 3.05) is 38.1 Å². The zero-order chi connectivity index (χ0) is 12.4. The molecule has 0 bridgehead atoms. The molecular weight excluding hydrogens is 280 g/mol. The van der Waals surface area contributed by atoms with Gasteiger partial charge < -0.3 is 14.9 Å². The molecule has 1 N–H and O–H groups in total. The van der Waals surface area contributed by atoms with Gasteiger partial charge in [-0.1, -0.05) is 22.0 Å². The maximum atomic E-state index is 9.59. The summed E-state index contributed by atoms with van der Waals surface area (Å²) in [4.78, 5) is 4.73. The van der Waals surface area contributed by atoms with Crippen LogP contribution in [-0.4, -0.2) is 43.2 Å². The number of benzene rings is 1. The van der Waals surface area contributed by atoms with Gasteiger partial charge in [0.1, 0.15) is 0 Å². The van der Waals surface area contributed by atoms with Crippen molar-refractivity contribution in [3.05, 3.63) is 28.2 Å². The molecule has 1 aromatic rings. The summed E-state index contributed by atoms with van der Waals surface area (Å²) < 4.78 is 0.990. The highest BCUT2D eigenvalue weighted by Crippen LogP contribution is 2.28. The molecule has 1 aliphatic rings. The maximum Gasteiger partial charge on any atom is 0.0772 e. The monoisotopic (exact) mass is 298 g/mol. The molecule has 0 spiro atoms. The smallest absolute Gasteiger partial charge is 0.0772 e. The Morgan fingerprint density at radius 2 is 1.88 bits per heavy atom. The standard InChI is InChI=1S/C13H19BrN2O/c1-10(17)12-4-3-11(9-13(12)14)16-7-5-15(2)6-8-16/h3-4,9-10,17H,5-8H2,1-2H3/t10-/m0/s1. The van der Waals surface area contributed by atoms with Crippen molar-refractivity contribution >= 4 is 21.6 Å². The van der Waals surface area contributed by atoms with Gasteiger partial charge >= 0.3 is 0 Å². The zero-order valence-corrected chi connectivity index (χ0v) is 11.9. The van der Waals surface area contributed by atoms with Gasteiger partial charge in [-0.3, -0.25) is 0 Å². The second kappa shape index (κ2) is 5.38. The molecule has 3 nitrogen and oxygen atoms in total. The Labute approximate surface area is 111 Å². The molecule has 17 heavy (non-hydrogen) atoms. The normalized spacial score (nSPS) is 19.4. The zero-order valence-electron chi connectivity index (χ0n) is 10.4. The van der Waals surface area contributed by atoms with E-state index in [2.05, 4.69) is 44.9 Å². The molecule has 94 valence electrons. The average Bonchev–Trinajstić information content (AvgIpc) is 2.29. The van der Waals surface area contributed by atoms with Crippen LogP contribution in [-0.2, 0) is 0 Å². The number of halogens is 1. The lowest BCUT2D eigenvalue weighted by molar-refractivity contribution is 0.198. The van der Waals surface area contributed by atoms with Gasteiger partial charge in [0.2, 0.25) is 0 Å². The van der Waals surface area contributed by atoms with Crippen molar-refractivity contribution in [1.82, 2.24) is 4.90 Å². The number of aliphatic hydroxyl groups is 1. The first-order chi connectivity index (χ1) is 8.08. The predicted molar refractivity (Wildman–Crippen MR) is 74.5 cm³/mol. The lowest BCUT2D eigenvalue weighted by atomic mass is 10.1. The van der Waals surface area contributed by atoms with Crippen LogP contribution in [0.3, 0.4) is 0 Å². The topological polar surface area (TPSA) is 26.7 Å². The molecule has 1 fully saturated rings. The van der Waals surface area contributed by atoms with E-state index in [1.807, 2.05) is 6.07 Å². The van der Waals surface area contributed by atoms with Crippen molar-refractivity contribution in [2.45, 2.75) is 13.0 Å². The second-order valence-electron chi connectivity index (χ2n) is 4.67. The van der Waals surface area contributed by atoms with E-state index < -0.39 is 6.10 Å². The highest BCUT2D eigenvalue weighted by molar-refractivity contribution is 9.10. The first-order valence-electron chi connectivity index (χ1n) is 5.99. The van der Waals surface area contributed by atoms with Crippen LogP contribution < -0.4 is 4.90 Å². The molecule has 0 unspecified atom stereocenters. The van der Waals surface area contributed by atoms with Gasteiger partial charge in [0, 0.05) is 36.3 Å². The van der Waals surface area contributed by atoms with Crippen molar-refractivity contribution < 1.29 is 5.11 Å². The summed E-state index contributed by atoms with van der Waals surface area (Å²) in [5, 5.41) is 9.59. The van der Waals surface area contributed by atoms with Gasteiger partial charge in [-0.25, -0.2) is 0 Å². The Balaban J connectivity index is 2.14. The van der Waals surface area contributed by atoms with Crippen LogP contribution in [0.1, 0.15) is 18.6 Å². The number of anilines is 1. The second-order valence-corrected chi connectivity index (χ2v) is 5.53. The van der Waals surface area contributed by atoms with E-state index in [9.17, 15) is 5.11 Å². The van der Waals surface area contributed by atoms with E-state index in [0.29, 0.717) is 0 Å². The van der Waals surface area contributed by atoms with Crippen molar-refractivity contribution in [2.24, 2.45) is 0 Å². The van der Waals surface area contributed by atoms with Crippen LogP contribution in [0.5, 0.6) is 0 Å². The van der Waals surface area contributed by atoms with Gasteiger partial charge in [-0.05, 0) is 31.7 Å². The minimum atomic E-state index is -0.425. The highest BCUT2D eigenvalue weighted by Gasteiger charge is 2.15. The third kappa shape index (κ3) is 3.00. The van der Waals surface area contributed by atoms with E-state index >= 15 is 0 Å². The van der Waals surface area contributed by atoms with E-state index in [4.69, 9.17) is 0 Å². The van der Waals surface area contributed by atoms with Gasteiger partial charge in [0.25, 0.3) is 0 Å². The fraction of sp³-hybridized carbons (Fsp3) is 0.538. The number of rotatable bonds is 2. The molecule has 0 radical (unpaired) electrons. The number of hydrogen-bond acceptors (Lipinski definition) is 3. The summed E-state index contributed by atoms with van der Waals surface area (Å²) in [5.41, 5.74) is 2.18. The SMILES string of the molecule is C[C@H](O)c1ccc(N2CCN(C)CC2)cc1Br. The number of likely N-dealkylation sites (N-methyl/N-ethyl adjacent to an activating group) is 1.